The van der Waals surface area contributed by atoms with Gasteiger partial charge in [0.1, 0.15) is 11.9 Å². The first-order valence-electron chi connectivity index (χ1n) is 5.78. The molecule has 1 aliphatic heterocycles. The molecule has 0 spiro atoms. The molecule has 0 aromatic carbocycles. The van der Waals surface area contributed by atoms with E-state index in [1.54, 1.807) is 0 Å². The van der Waals surface area contributed by atoms with Crippen molar-refractivity contribution in [2.24, 2.45) is 0 Å². The van der Waals surface area contributed by atoms with Gasteiger partial charge in [0.25, 0.3) is 0 Å². The van der Waals surface area contributed by atoms with Crippen molar-refractivity contribution in [3.8, 4) is 0 Å². The Hall–Kier alpha value is -2.18. The second kappa shape index (κ2) is 4.25. The minimum Gasteiger partial charge on any atom is -0.354 e. The number of aromatic nitrogens is 3. The Balaban J connectivity index is 1.84. The number of nitrogens with zero attached hydrogens (tertiary/aromatic N) is 3. The molecule has 3 rings (SSSR count). The van der Waals surface area contributed by atoms with Gasteiger partial charge in [-0.1, -0.05) is 0 Å². The van der Waals surface area contributed by atoms with Gasteiger partial charge in [0, 0.05) is 6.54 Å². The van der Waals surface area contributed by atoms with E-state index >= 15 is 0 Å². The van der Waals surface area contributed by atoms with Crippen LogP contribution in [0.15, 0.2) is 18.3 Å². The number of anilines is 1. The third-order valence-corrected chi connectivity index (χ3v) is 2.88. The van der Waals surface area contributed by atoms with Gasteiger partial charge in [0.05, 0.1) is 6.20 Å². The van der Waals surface area contributed by atoms with E-state index in [4.69, 9.17) is 0 Å². The summed E-state index contributed by atoms with van der Waals surface area (Å²) in [6, 6.07) is 2.54. The zero-order valence-corrected chi connectivity index (χ0v) is 9.56. The summed E-state index contributed by atoms with van der Waals surface area (Å²) in [7, 11) is 0. The summed E-state index contributed by atoms with van der Waals surface area (Å²) in [6.07, 6.45) is 2.91. The molecule has 0 radical (unpaired) electrons. The number of carbonyl (C=O) groups is 1. The van der Waals surface area contributed by atoms with Crippen LogP contribution in [0.4, 0.5) is 10.3 Å². The lowest BCUT2D eigenvalue weighted by Crippen LogP contribution is -2.44. The molecule has 6 nitrogen and oxygen atoms in total. The molecule has 1 unspecified atom stereocenters. The van der Waals surface area contributed by atoms with Gasteiger partial charge >= 0.3 is 0 Å². The molecule has 1 atom stereocenters. The summed E-state index contributed by atoms with van der Waals surface area (Å²) >= 11 is 0. The van der Waals surface area contributed by atoms with Crippen molar-refractivity contribution in [1.82, 2.24) is 19.9 Å². The van der Waals surface area contributed by atoms with Crippen LogP contribution < -0.4 is 10.6 Å². The van der Waals surface area contributed by atoms with Crippen LogP contribution in [0.25, 0.3) is 5.65 Å². The van der Waals surface area contributed by atoms with E-state index in [2.05, 4.69) is 20.7 Å². The van der Waals surface area contributed by atoms with E-state index in [1.807, 2.05) is 0 Å². The fourth-order valence-corrected chi connectivity index (χ4v) is 1.98. The highest BCUT2D eigenvalue weighted by molar-refractivity contribution is 5.84. The molecule has 0 aliphatic carbocycles. The first kappa shape index (κ1) is 10.9. The smallest absolute Gasteiger partial charge is 0.243 e. The lowest BCUT2D eigenvalue weighted by molar-refractivity contribution is -0.123. The molecule has 2 aromatic heterocycles. The third kappa shape index (κ3) is 1.99. The zero-order valence-electron chi connectivity index (χ0n) is 9.56. The van der Waals surface area contributed by atoms with Crippen molar-refractivity contribution in [2.75, 3.05) is 11.9 Å². The summed E-state index contributed by atoms with van der Waals surface area (Å²) in [6.45, 7) is 0.709. The molecular weight excluding hydrogens is 237 g/mol. The Morgan fingerprint density at radius 1 is 1.50 bits per heavy atom. The van der Waals surface area contributed by atoms with Crippen LogP contribution in [0.1, 0.15) is 12.8 Å². The van der Waals surface area contributed by atoms with Gasteiger partial charge in [-0.05, 0) is 25.0 Å². The molecule has 1 fully saturated rings. The number of piperidine rings is 1. The number of nitrogens with one attached hydrogen (secondary N) is 2. The molecular formula is C11H12FN5O. The summed E-state index contributed by atoms with van der Waals surface area (Å²) in [4.78, 5) is 15.7. The van der Waals surface area contributed by atoms with Crippen LogP contribution in [-0.2, 0) is 4.79 Å². The fourth-order valence-electron chi connectivity index (χ4n) is 1.98. The van der Waals surface area contributed by atoms with Crippen molar-refractivity contribution in [2.45, 2.75) is 18.9 Å². The third-order valence-electron chi connectivity index (χ3n) is 2.88. The lowest BCUT2D eigenvalue weighted by atomic mass is 10.1. The van der Waals surface area contributed by atoms with Crippen molar-refractivity contribution >= 4 is 17.5 Å². The van der Waals surface area contributed by atoms with Gasteiger partial charge in [0.2, 0.25) is 11.9 Å². The van der Waals surface area contributed by atoms with Gasteiger partial charge in [-0.15, -0.1) is 5.10 Å². The molecule has 18 heavy (non-hydrogen) atoms. The largest absolute Gasteiger partial charge is 0.354 e. The van der Waals surface area contributed by atoms with Crippen LogP contribution >= 0.6 is 0 Å². The van der Waals surface area contributed by atoms with Crippen molar-refractivity contribution in [1.29, 1.82) is 0 Å². The van der Waals surface area contributed by atoms with Crippen LogP contribution in [0.5, 0.6) is 0 Å². The average Bonchev–Trinajstić information content (AvgIpc) is 2.73. The van der Waals surface area contributed by atoms with E-state index in [1.165, 1.54) is 22.8 Å². The molecule has 0 saturated carbocycles. The van der Waals surface area contributed by atoms with E-state index in [-0.39, 0.29) is 17.8 Å². The minimum atomic E-state index is -0.380. The molecule has 1 saturated heterocycles. The van der Waals surface area contributed by atoms with Crippen LogP contribution in [0.2, 0.25) is 0 Å². The number of fused-ring (bicyclic) bond motifs is 1. The second-order valence-electron chi connectivity index (χ2n) is 4.22. The Morgan fingerprint density at radius 2 is 2.39 bits per heavy atom. The van der Waals surface area contributed by atoms with Crippen LogP contribution in [-0.4, -0.2) is 33.1 Å². The average molecular weight is 249 g/mol. The maximum atomic E-state index is 13.0. The quantitative estimate of drug-likeness (QED) is 0.815. The predicted octanol–water partition coefficient (Wildman–Crippen LogP) is 0.559. The summed E-state index contributed by atoms with van der Waals surface area (Å²) in [5.41, 5.74) is 0.537. The van der Waals surface area contributed by atoms with Gasteiger partial charge in [-0.25, -0.2) is 8.91 Å². The van der Waals surface area contributed by atoms with Crippen molar-refractivity contribution in [3.05, 3.63) is 24.1 Å². The van der Waals surface area contributed by atoms with E-state index in [9.17, 15) is 9.18 Å². The molecule has 0 bridgehead atoms. The number of hydrogen-bond acceptors (Lipinski definition) is 4. The number of carbonyl (C=O) groups excluding carboxylic acids is 1. The minimum absolute atomic E-state index is 0.0497. The van der Waals surface area contributed by atoms with Gasteiger partial charge < -0.3 is 10.6 Å². The highest BCUT2D eigenvalue weighted by atomic mass is 19.1. The van der Waals surface area contributed by atoms with Crippen LogP contribution in [0.3, 0.4) is 0 Å². The fraction of sp³-hybridized carbons (Fsp3) is 0.364. The van der Waals surface area contributed by atoms with Gasteiger partial charge in [-0.3, -0.25) is 4.79 Å². The van der Waals surface area contributed by atoms with Crippen LogP contribution in [0, 0.1) is 5.82 Å². The molecule has 2 aromatic rings. The van der Waals surface area contributed by atoms with Gasteiger partial charge in [0.15, 0.2) is 5.65 Å². The zero-order chi connectivity index (χ0) is 12.5. The molecule has 1 aliphatic rings. The maximum Gasteiger partial charge on any atom is 0.243 e. The molecule has 3 heterocycles. The predicted molar refractivity (Wildman–Crippen MR) is 62.6 cm³/mol. The van der Waals surface area contributed by atoms with E-state index < -0.39 is 0 Å². The standard InChI is InChI=1S/C11H12FN5O/c12-7-3-4-9-15-11(16-17(9)6-7)14-8-2-1-5-13-10(8)18/h3-4,6,8H,1-2,5H2,(H,13,18)(H,14,16). The Kier molecular flexibility index (Phi) is 2.58. The highest BCUT2D eigenvalue weighted by Crippen LogP contribution is 2.11. The summed E-state index contributed by atoms with van der Waals surface area (Å²) < 4.78 is 14.3. The first-order valence-corrected chi connectivity index (χ1v) is 5.78. The Bertz CT molecular complexity index is 596. The number of halogens is 1. The SMILES string of the molecule is O=C1NCCCC1Nc1nc2ccc(F)cn2n1. The van der Waals surface area contributed by atoms with E-state index in [0.29, 0.717) is 18.1 Å². The molecule has 2 N–H and O–H groups in total. The number of pyridine rings is 1. The number of rotatable bonds is 2. The van der Waals surface area contributed by atoms with Gasteiger partial charge in [-0.2, -0.15) is 4.98 Å². The molecule has 94 valence electrons. The second-order valence-corrected chi connectivity index (χ2v) is 4.22. The monoisotopic (exact) mass is 249 g/mol. The molecule has 1 amide bonds. The first-order chi connectivity index (χ1) is 8.72. The summed E-state index contributed by atoms with van der Waals surface area (Å²) in [5.74, 6) is -0.0942. The van der Waals surface area contributed by atoms with Crippen molar-refractivity contribution in [3.63, 3.8) is 0 Å². The highest BCUT2D eigenvalue weighted by Gasteiger charge is 2.22. The Morgan fingerprint density at radius 3 is 3.22 bits per heavy atom. The van der Waals surface area contributed by atoms with Crippen molar-refractivity contribution < 1.29 is 9.18 Å². The number of amides is 1. The maximum absolute atomic E-state index is 13.0. The summed E-state index contributed by atoms with van der Waals surface area (Å²) in [5, 5.41) is 9.81. The number of hydrogen-bond donors (Lipinski definition) is 2. The topological polar surface area (TPSA) is 71.3 Å². The molecule has 7 heteroatoms. The normalized spacial score (nSPS) is 19.8. The Labute approximate surface area is 102 Å². The lowest BCUT2D eigenvalue weighted by Gasteiger charge is -2.21. The van der Waals surface area contributed by atoms with E-state index in [0.717, 1.165) is 12.8 Å².